The fourth-order valence-corrected chi connectivity index (χ4v) is 5.61. The summed E-state index contributed by atoms with van der Waals surface area (Å²) in [6.45, 7) is 2.60. The maximum absolute atomic E-state index is 12.8. The number of sulfonamides is 1. The first-order valence-electron chi connectivity index (χ1n) is 7.94. The molecular formula is C17H22N2O3S. The predicted octanol–water partition coefficient (Wildman–Crippen LogP) is 2.71. The van der Waals surface area contributed by atoms with Gasteiger partial charge in [-0.1, -0.05) is 19.1 Å². The lowest BCUT2D eigenvalue weighted by atomic mass is 10.0. The van der Waals surface area contributed by atoms with E-state index in [0.717, 1.165) is 17.7 Å². The largest absolute Gasteiger partial charge is 0.497 e. The summed E-state index contributed by atoms with van der Waals surface area (Å²) in [6.07, 6.45) is 2.20. The molecule has 0 amide bonds. The molecule has 0 bridgehead atoms. The van der Waals surface area contributed by atoms with Gasteiger partial charge in [0.05, 0.1) is 30.4 Å². The van der Waals surface area contributed by atoms with Crippen molar-refractivity contribution in [2.75, 3.05) is 19.4 Å². The molecule has 0 radical (unpaired) electrons. The number of benzene rings is 1. The van der Waals surface area contributed by atoms with E-state index in [1.165, 1.54) is 0 Å². The maximum Gasteiger partial charge on any atom is 0.216 e. The van der Waals surface area contributed by atoms with E-state index in [1.54, 1.807) is 11.4 Å². The van der Waals surface area contributed by atoms with Crippen LogP contribution in [0.3, 0.4) is 0 Å². The van der Waals surface area contributed by atoms with Crippen LogP contribution in [0, 0.1) is 22.7 Å². The van der Waals surface area contributed by atoms with Crippen molar-refractivity contribution >= 4 is 10.0 Å². The Labute approximate surface area is 137 Å². The topological polar surface area (TPSA) is 70.4 Å². The van der Waals surface area contributed by atoms with Gasteiger partial charge in [0.1, 0.15) is 5.75 Å². The lowest BCUT2D eigenvalue weighted by Gasteiger charge is -2.25. The Kier molecular flexibility index (Phi) is 4.11. The minimum atomic E-state index is -3.43. The van der Waals surface area contributed by atoms with Gasteiger partial charge in [0, 0.05) is 6.54 Å². The lowest BCUT2D eigenvalue weighted by Crippen LogP contribution is -2.35. The molecule has 1 aromatic rings. The zero-order valence-corrected chi connectivity index (χ0v) is 14.3. The molecule has 2 fully saturated rings. The number of nitrogens with zero attached hydrogens (tertiary/aromatic N) is 2. The molecule has 0 spiro atoms. The van der Waals surface area contributed by atoms with E-state index >= 15 is 0 Å². The molecule has 1 aliphatic heterocycles. The Hall–Kier alpha value is -1.58. The zero-order chi connectivity index (χ0) is 16.7. The Morgan fingerprint density at radius 1 is 1.35 bits per heavy atom. The Morgan fingerprint density at radius 3 is 2.52 bits per heavy atom. The monoisotopic (exact) mass is 334 g/mol. The molecule has 124 valence electrons. The molecule has 6 heteroatoms. The number of rotatable bonds is 5. The summed E-state index contributed by atoms with van der Waals surface area (Å²) >= 11 is 0. The van der Waals surface area contributed by atoms with Crippen LogP contribution in [0.2, 0.25) is 0 Å². The van der Waals surface area contributed by atoms with Gasteiger partial charge in [0.25, 0.3) is 0 Å². The highest BCUT2D eigenvalue weighted by Gasteiger charge is 2.50. The number of hydrogen-bond donors (Lipinski definition) is 0. The van der Waals surface area contributed by atoms with E-state index in [4.69, 9.17) is 4.74 Å². The predicted molar refractivity (Wildman–Crippen MR) is 87.3 cm³/mol. The van der Waals surface area contributed by atoms with Crippen LogP contribution in [-0.4, -0.2) is 32.1 Å². The standard InChI is InChI=1S/C17H22N2O3S/c1-13-9-16(14-3-5-15(22-2)6-4-14)19(10-13)23(20,21)12-17(11-18)7-8-17/h3-6,13,16H,7-10,12H2,1-2H3. The smallest absolute Gasteiger partial charge is 0.216 e. The van der Waals surface area contributed by atoms with Crippen LogP contribution in [0.5, 0.6) is 5.75 Å². The minimum Gasteiger partial charge on any atom is -0.497 e. The number of hydrogen-bond acceptors (Lipinski definition) is 4. The second kappa shape index (κ2) is 5.81. The molecule has 0 aromatic heterocycles. The van der Waals surface area contributed by atoms with Crippen molar-refractivity contribution in [3.8, 4) is 11.8 Å². The number of ether oxygens (including phenoxy) is 1. The third kappa shape index (κ3) is 3.22. The van der Waals surface area contributed by atoms with Crippen LogP contribution in [0.1, 0.15) is 37.8 Å². The average Bonchev–Trinajstić information content (AvgIpc) is 3.18. The quantitative estimate of drug-likeness (QED) is 0.830. The van der Waals surface area contributed by atoms with Gasteiger partial charge in [0.2, 0.25) is 10.0 Å². The van der Waals surface area contributed by atoms with Gasteiger partial charge in [-0.15, -0.1) is 0 Å². The molecule has 23 heavy (non-hydrogen) atoms. The van der Waals surface area contributed by atoms with Gasteiger partial charge >= 0.3 is 0 Å². The highest BCUT2D eigenvalue weighted by atomic mass is 32.2. The average molecular weight is 334 g/mol. The molecule has 2 atom stereocenters. The van der Waals surface area contributed by atoms with Gasteiger partial charge in [-0.2, -0.15) is 9.57 Å². The second-order valence-corrected chi connectivity index (χ2v) is 8.77. The Balaban J connectivity index is 1.85. The van der Waals surface area contributed by atoms with Crippen LogP contribution in [0.4, 0.5) is 0 Å². The molecule has 0 N–H and O–H groups in total. The van der Waals surface area contributed by atoms with Crippen LogP contribution < -0.4 is 4.74 Å². The molecular weight excluding hydrogens is 312 g/mol. The molecule has 5 nitrogen and oxygen atoms in total. The summed E-state index contributed by atoms with van der Waals surface area (Å²) in [4.78, 5) is 0. The SMILES string of the molecule is COc1ccc(C2CC(C)CN2S(=O)(=O)CC2(C#N)CC2)cc1. The normalized spacial score (nSPS) is 26.7. The van der Waals surface area contributed by atoms with E-state index < -0.39 is 15.4 Å². The van der Waals surface area contributed by atoms with Crippen molar-refractivity contribution in [3.63, 3.8) is 0 Å². The molecule has 1 saturated heterocycles. The lowest BCUT2D eigenvalue weighted by molar-refractivity contribution is 0.389. The third-order valence-corrected chi connectivity index (χ3v) is 6.91. The second-order valence-electron chi connectivity index (χ2n) is 6.85. The summed E-state index contributed by atoms with van der Waals surface area (Å²) in [5, 5.41) is 9.21. The molecule has 2 aliphatic rings. The molecule has 1 saturated carbocycles. The van der Waals surface area contributed by atoms with Gasteiger partial charge in [-0.05, 0) is 42.9 Å². The highest BCUT2D eigenvalue weighted by molar-refractivity contribution is 7.89. The molecule has 3 rings (SSSR count). The van der Waals surface area contributed by atoms with Crippen molar-refractivity contribution in [2.45, 2.75) is 32.2 Å². The summed E-state index contributed by atoms with van der Waals surface area (Å²) in [6, 6.07) is 9.63. The van der Waals surface area contributed by atoms with Crippen molar-refractivity contribution in [3.05, 3.63) is 29.8 Å². The summed E-state index contributed by atoms with van der Waals surface area (Å²) in [5.74, 6) is 1.03. The van der Waals surface area contributed by atoms with Crippen molar-refractivity contribution in [2.24, 2.45) is 11.3 Å². The minimum absolute atomic E-state index is 0.0458. The van der Waals surface area contributed by atoms with Gasteiger partial charge in [-0.25, -0.2) is 8.42 Å². The van der Waals surface area contributed by atoms with E-state index in [9.17, 15) is 13.7 Å². The van der Waals surface area contributed by atoms with E-state index in [1.807, 2.05) is 24.3 Å². The number of methoxy groups -OCH3 is 1. The van der Waals surface area contributed by atoms with Gasteiger partial charge in [-0.3, -0.25) is 0 Å². The number of nitriles is 1. The van der Waals surface area contributed by atoms with E-state index in [-0.39, 0.29) is 11.8 Å². The zero-order valence-electron chi connectivity index (χ0n) is 13.5. The molecule has 2 unspecified atom stereocenters. The first-order chi connectivity index (χ1) is 10.9. The van der Waals surface area contributed by atoms with Gasteiger partial charge < -0.3 is 4.74 Å². The van der Waals surface area contributed by atoms with Crippen molar-refractivity contribution in [1.29, 1.82) is 5.26 Å². The summed E-state index contributed by atoms with van der Waals surface area (Å²) in [7, 11) is -1.82. The fourth-order valence-electron chi connectivity index (χ4n) is 3.31. The van der Waals surface area contributed by atoms with Crippen LogP contribution in [-0.2, 0) is 10.0 Å². The summed E-state index contributed by atoms with van der Waals surface area (Å²) < 4.78 is 32.5. The van der Waals surface area contributed by atoms with Crippen molar-refractivity contribution < 1.29 is 13.2 Å². The molecule has 1 heterocycles. The summed E-state index contributed by atoms with van der Waals surface area (Å²) in [5.41, 5.74) is 0.343. The van der Waals surface area contributed by atoms with E-state index in [0.29, 0.717) is 25.3 Å². The fraction of sp³-hybridized carbons (Fsp3) is 0.588. The first kappa shape index (κ1) is 16.3. The van der Waals surface area contributed by atoms with Crippen LogP contribution >= 0.6 is 0 Å². The van der Waals surface area contributed by atoms with E-state index in [2.05, 4.69) is 13.0 Å². The maximum atomic E-state index is 12.8. The Bertz CT molecular complexity index is 717. The van der Waals surface area contributed by atoms with Crippen LogP contribution in [0.25, 0.3) is 0 Å². The highest BCUT2D eigenvalue weighted by Crippen LogP contribution is 2.48. The van der Waals surface area contributed by atoms with Crippen molar-refractivity contribution in [1.82, 2.24) is 4.31 Å². The molecule has 1 aliphatic carbocycles. The first-order valence-corrected chi connectivity index (χ1v) is 9.55. The van der Waals surface area contributed by atoms with Crippen LogP contribution in [0.15, 0.2) is 24.3 Å². The third-order valence-electron chi connectivity index (χ3n) is 4.87. The van der Waals surface area contributed by atoms with Gasteiger partial charge in [0.15, 0.2) is 0 Å². The Morgan fingerprint density at radius 2 is 2.00 bits per heavy atom. The molecule has 1 aromatic carbocycles.